The molecule has 0 bridgehead atoms. The predicted molar refractivity (Wildman–Crippen MR) is 88.7 cm³/mol. The first kappa shape index (κ1) is 14.9. The van der Waals surface area contributed by atoms with Crippen molar-refractivity contribution in [3.05, 3.63) is 69.2 Å². The van der Waals surface area contributed by atoms with Crippen molar-refractivity contribution in [1.82, 2.24) is 0 Å². The van der Waals surface area contributed by atoms with Crippen molar-refractivity contribution in [2.24, 2.45) is 5.73 Å². The van der Waals surface area contributed by atoms with Crippen molar-refractivity contribution in [1.29, 1.82) is 0 Å². The van der Waals surface area contributed by atoms with Gasteiger partial charge in [0.1, 0.15) is 0 Å². The SMILES string of the molecule is NCC(SCc1ccccc1Cl)c1cccc(Br)c1. The van der Waals surface area contributed by atoms with Crippen molar-refractivity contribution in [3.8, 4) is 0 Å². The second-order valence-electron chi connectivity index (χ2n) is 4.18. The Morgan fingerprint density at radius 1 is 1.16 bits per heavy atom. The first-order valence-corrected chi connectivity index (χ1v) is 8.23. The monoisotopic (exact) mass is 355 g/mol. The molecule has 0 aliphatic heterocycles. The van der Waals surface area contributed by atoms with Gasteiger partial charge in [-0.3, -0.25) is 0 Å². The summed E-state index contributed by atoms with van der Waals surface area (Å²) in [7, 11) is 0. The molecule has 1 nitrogen and oxygen atoms in total. The zero-order valence-electron chi connectivity index (χ0n) is 10.4. The number of thioether (sulfide) groups is 1. The highest BCUT2D eigenvalue weighted by atomic mass is 79.9. The molecular weight excluding hydrogens is 342 g/mol. The number of rotatable bonds is 5. The molecule has 100 valence electrons. The van der Waals surface area contributed by atoms with E-state index in [1.807, 2.05) is 42.1 Å². The van der Waals surface area contributed by atoms with E-state index in [1.54, 1.807) is 0 Å². The van der Waals surface area contributed by atoms with E-state index in [4.69, 9.17) is 17.3 Å². The summed E-state index contributed by atoms with van der Waals surface area (Å²) in [5, 5.41) is 1.11. The Morgan fingerprint density at radius 3 is 2.63 bits per heavy atom. The molecule has 2 N–H and O–H groups in total. The molecule has 0 aliphatic rings. The van der Waals surface area contributed by atoms with Crippen molar-refractivity contribution >= 4 is 39.3 Å². The normalized spacial score (nSPS) is 12.4. The zero-order chi connectivity index (χ0) is 13.7. The summed E-state index contributed by atoms with van der Waals surface area (Å²) in [6.45, 7) is 0.617. The zero-order valence-corrected chi connectivity index (χ0v) is 13.5. The Balaban J connectivity index is 2.06. The van der Waals surface area contributed by atoms with E-state index < -0.39 is 0 Å². The van der Waals surface area contributed by atoms with Crippen LogP contribution in [0, 0.1) is 0 Å². The molecule has 2 rings (SSSR count). The van der Waals surface area contributed by atoms with Crippen LogP contribution in [0.15, 0.2) is 53.0 Å². The number of benzene rings is 2. The maximum Gasteiger partial charge on any atom is 0.0446 e. The summed E-state index contributed by atoms with van der Waals surface area (Å²) in [6, 6.07) is 16.2. The third-order valence-corrected chi connectivity index (χ3v) is 5.04. The van der Waals surface area contributed by atoms with E-state index >= 15 is 0 Å². The van der Waals surface area contributed by atoms with Gasteiger partial charge in [-0.25, -0.2) is 0 Å². The average Bonchev–Trinajstić information content (AvgIpc) is 2.41. The smallest absolute Gasteiger partial charge is 0.0446 e. The van der Waals surface area contributed by atoms with Gasteiger partial charge >= 0.3 is 0 Å². The van der Waals surface area contributed by atoms with Crippen LogP contribution in [0.2, 0.25) is 5.02 Å². The van der Waals surface area contributed by atoms with Crippen molar-refractivity contribution in [2.45, 2.75) is 11.0 Å². The van der Waals surface area contributed by atoms with Gasteiger partial charge in [0.25, 0.3) is 0 Å². The highest BCUT2D eigenvalue weighted by Crippen LogP contribution is 2.33. The standard InChI is InChI=1S/C15H15BrClNS/c16-13-6-3-5-11(8-13)15(9-18)19-10-12-4-1-2-7-14(12)17/h1-8,15H,9-10,18H2. The summed E-state index contributed by atoms with van der Waals surface area (Å²) in [5.74, 6) is 0.869. The second kappa shape index (κ2) is 7.34. The fourth-order valence-corrected chi connectivity index (χ4v) is 3.62. The number of nitrogens with two attached hydrogens (primary N) is 1. The van der Waals surface area contributed by atoms with Gasteiger partial charge in [-0.15, -0.1) is 11.8 Å². The van der Waals surface area contributed by atoms with Gasteiger partial charge in [0.2, 0.25) is 0 Å². The van der Waals surface area contributed by atoms with Crippen molar-refractivity contribution in [3.63, 3.8) is 0 Å². The minimum atomic E-state index is 0.286. The van der Waals surface area contributed by atoms with Gasteiger partial charge in [0, 0.05) is 27.0 Å². The Hall–Kier alpha value is -0.480. The Kier molecular flexibility index (Phi) is 5.76. The lowest BCUT2D eigenvalue weighted by atomic mass is 10.1. The Labute approximate surface area is 131 Å². The molecule has 1 unspecified atom stereocenters. The lowest BCUT2D eigenvalue weighted by Crippen LogP contribution is -2.09. The van der Waals surface area contributed by atoms with E-state index in [9.17, 15) is 0 Å². The molecule has 2 aromatic carbocycles. The highest BCUT2D eigenvalue weighted by molar-refractivity contribution is 9.10. The first-order valence-electron chi connectivity index (χ1n) is 6.01. The van der Waals surface area contributed by atoms with Crippen LogP contribution in [0.25, 0.3) is 0 Å². The molecule has 0 spiro atoms. The summed E-state index contributed by atoms with van der Waals surface area (Å²) in [4.78, 5) is 0. The van der Waals surface area contributed by atoms with Crippen molar-refractivity contribution < 1.29 is 0 Å². The maximum atomic E-state index is 6.17. The second-order valence-corrected chi connectivity index (χ2v) is 6.70. The summed E-state index contributed by atoms with van der Waals surface area (Å²) in [6.07, 6.45) is 0. The number of hydrogen-bond acceptors (Lipinski definition) is 2. The van der Waals surface area contributed by atoms with Gasteiger partial charge in [-0.05, 0) is 29.3 Å². The summed E-state index contributed by atoms with van der Waals surface area (Å²) < 4.78 is 1.08. The Bertz CT molecular complexity index is 547. The van der Waals surface area contributed by atoms with E-state index in [-0.39, 0.29) is 5.25 Å². The third-order valence-electron chi connectivity index (χ3n) is 2.83. The molecule has 0 saturated carbocycles. The molecule has 0 aliphatic carbocycles. The van der Waals surface area contributed by atoms with Crippen LogP contribution in [0.1, 0.15) is 16.4 Å². The van der Waals surface area contributed by atoms with Crippen LogP contribution < -0.4 is 5.73 Å². The molecule has 1 atom stereocenters. The fraction of sp³-hybridized carbons (Fsp3) is 0.200. The number of hydrogen-bond donors (Lipinski definition) is 1. The molecular formula is C15H15BrClNS. The van der Waals surface area contributed by atoms with E-state index in [0.717, 1.165) is 20.8 Å². The van der Waals surface area contributed by atoms with Gasteiger partial charge in [0.15, 0.2) is 0 Å². The lowest BCUT2D eigenvalue weighted by molar-refractivity contribution is 0.939. The summed E-state index contributed by atoms with van der Waals surface area (Å²) in [5.41, 5.74) is 8.29. The minimum Gasteiger partial charge on any atom is -0.329 e. The van der Waals surface area contributed by atoms with Gasteiger partial charge in [-0.1, -0.05) is 57.9 Å². The first-order chi connectivity index (χ1) is 9.20. The summed E-state index contributed by atoms with van der Waals surface area (Å²) >= 11 is 11.5. The minimum absolute atomic E-state index is 0.286. The lowest BCUT2D eigenvalue weighted by Gasteiger charge is -2.15. The molecule has 0 fully saturated rings. The molecule has 0 saturated heterocycles. The molecule has 0 radical (unpaired) electrons. The van der Waals surface area contributed by atoms with Crippen LogP contribution >= 0.6 is 39.3 Å². The molecule has 0 amide bonds. The quantitative estimate of drug-likeness (QED) is 0.812. The largest absolute Gasteiger partial charge is 0.329 e. The average molecular weight is 357 g/mol. The Morgan fingerprint density at radius 2 is 1.95 bits per heavy atom. The van der Waals surface area contributed by atoms with Crippen molar-refractivity contribution in [2.75, 3.05) is 6.54 Å². The molecule has 2 aromatic rings. The van der Waals surface area contributed by atoms with E-state index in [2.05, 4.69) is 34.1 Å². The highest BCUT2D eigenvalue weighted by Gasteiger charge is 2.11. The maximum absolute atomic E-state index is 6.17. The molecule has 19 heavy (non-hydrogen) atoms. The fourth-order valence-electron chi connectivity index (χ4n) is 1.81. The molecule has 4 heteroatoms. The van der Waals surface area contributed by atoms with Gasteiger partial charge in [0.05, 0.1) is 0 Å². The van der Waals surface area contributed by atoms with Crippen LogP contribution in [-0.2, 0) is 5.75 Å². The predicted octanol–water partition coefficient (Wildman–Crippen LogP) is 5.04. The van der Waals surface area contributed by atoms with E-state index in [0.29, 0.717) is 6.54 Å². The van der Waals surface area contributed by atoms with Gasteiger partial charge in [-0.2, -0.15) is 0 Å². The van der Waals surface area contributed by atoms with Crippen LogP contribution in [-0.4, -0.2) is 6.54 Å². The van der Waals surface area contributed by atoms with Crippen LogP contribution in [0.3, 0.4) is 0 Å². The molecule has 0 aromatic heterocycles. The van der Waals surface area contributed by atoms with Crippen LogP contribution in [0.5, 0.6) is 0 Å². The third kappa shape index (κ3) is 4.25. The van der Waals surface area contributed by atoms with E-state index in [1.165, 1.54) is 5.56 Å². The molecule has 0 heterocycles. The number of halogens is 2. The van der Waals surface area contributed by atoms with Crippen LogP contribution in [0.4, 0.5) is 0 Å². The topological polar surface area (TPSA) is 26.0 Å². The van der Waals surface area contributed by atoms with Gasteiger partial charge < -0.3 is 5.73 Å².